The Morgan fingerprint density at radius 3 is 2.09 bits per heavy atom. The molecule has 0 aromatic heterocycles. The van der Waals surface area contributed by atoms with Crippen molar-refractivity contribution < 1.29 is 32.9 Å². The van der Waals surface area contributed by atoms with Crippen LogP contribution in [0.4, 0.5) is 10.1 Å². The van der Waals surface area contributed by atoms with Gasteiger partial charge in [0.25, 0.3) is 5.91 Å². The van der Waals surface area contributed by atoms with E-state index < -0.39 is 5.97 Å². The molecule has 176 valence electrons. The first-order chi connectivity index (χ1) is 15.9. The van der Waals surface area contributed by atoms with E-state index in [1.165, 1.54) is 39.5 Å². The molecular formula is C24H27FN2O6. The van der Waals surface area contributed by atoms with Gasteiger partial charge in [-0.25, -0.2) is 9.18 Å². The summed E-state index contributed by atoms with van der Waals surface area (Å²) in [7, 11) is 4.52. The molecule has 0 aliphatic carbocycles. The molecular weight excluding hydrogens is 431 g/mol. The molecule has 1 aliphatic heterocycles. The number of piperazine rings is 1. The van der Waals surface area contributed by atoms with E-state index in [0.717, 1.165) is 5.69 Å². The monoisotopic (exact) mass is 458 g/mol. The maximum Gasteiger partial charge on any atom is 0.331 e. The topological polar surface area (TPSA) is 77.5 Å². The second-order valence-electron chi connectivity index (χ2n) is 7.24. The van der Waals surface area contributed by atoms with Gasteiger partial charge in [0, 0.05) is 37.9 Å². The smallest absolute Gasteiger partial charge is 0.331 e. The number of carbonyl (C=O) groups excluding carboxylic acids is 2. The van der Waals surface area contributed by atoms with Crippen molar-refractivity contribution in [1.82, 2.24) is 4.90 Å². The Bertz CT molecular complexity index is 976. The summed E-state index contributed by atoms with van der Waals surface area (Å²) in [5, 5.41) is 0. The Morgan fingerprint density at radius 2 is 1.55 bits per heavy atom. The summed E-state index contributed by atoms with van der Waals surface area (Å²) in [5.41, 5.74) is 1.55. The lowest BCUT2D eigenvalue weighted by Gasteiger charge is -2.36. The minimum absolute atomic E-state index is 0.261. The summed E-state index contributed by atoms with van der Waals surface area (Å²) in [5.74, 6) is 0.184. The summed E-state index contributed by atoms with van der Waals surface area (Å²) in [6, 6.07) is 9.65. The fourth-order valence-corrected chi connectivity index (χ4v) is 3.50. The van der Waals surface area contributed by atoms with E-state index in [1.807, 2.05) is 0 Å². The van der Waals surface area contributed by atoms with Gasteiger partial charge < -0.3 is 28.7 Å². The van der Waals surface area contributed by atoms with Crippen LogP contribution in [-0.2, 0) is 14.3 Å². The molecule has 0 atom stereocenters. The fourth-order valence-electron chi connectivity index (χ4n) is 3.50. The fraction of sp³-hybridized carbons (Fsp3) is 0.333. The maximum atomic E-state index is 13.1. The van der Waals surface area contributed by atoms with Crippen molar-refractivity contribution in [3.05, 3.63) is 53.9 Å². The molecule has 0 saturated carbocycles. The molecule has 8 nitrogen and oxygen atoms in total. The summed E-state index contributed by atoms with van der Waals surface area (Å²) >= 11 is 0. The van der Waals surface area contributed by atoms with Crippen LogP contribution in [0, 0.1) is 5.82 Å². The molecule has 1 aliphatic rings. The number of halogens is 1. The maximum absolute atomic E-state index is 13.1. The number of anilines is 1. The van der Waals surface area contributed by atoms with Crippen molar-refractivity contribution in [3.8, 4) is 17.2 Å². The Balaban J connectivity index is 1.49. The number of hydrogen-bond acceptors (Lipinski definition) is 7. The quantitative estimate of drug-likeness (QED) is 0.445. The third-order valence-electron chi connectivity index (χ3n) is 5.26. The first-order valence-electron chi connectivity index (χ1n) is 10.4. The molecule has 0 spiro atoms. The van der Waals surface area contributed by atoms with Gasteiger partial charge in [-0.3, -0.25) is 4.79 Å². The van der Waals surface area contributed by atoms with Gasteiger partial charge in [-0.1, -0.05) is 0 Å². The van der Waals surface area contributed by atoms with Crippen molar-refractivity contribution >= 4 is 23.6 Å². The normalized spacial score (nSPS) is 13.7. The zero-order chi connectivity index (χ0) is 23.8. The van der Waals surface area contributed by atoms with E-state index >= 15 is 0 Å². The highest BCUT2D eigenvalue weighted by Crippen LogP contribution is 2.38. The van der Waals surface area contributed by atoms with Gasteiger partial charge in [0.15, 0.2) is 18.1 Å². The van der Waals surface area contributed by atoms with Crippen LogP contribution < -0.4 is 19.1 Å². The van der Waals surface area contributed by atoms with Crippen molar-refractivity contribution in [2.75, 3.05) is 59.0 Å². The number of nitrogens with zero attached hydrogens (tertiary/aromatic N) is 2. The van der Waals surface area contributed by atoms with Crippen molar-refractivity contribution in [2.24, 2.45) is 0 Å². The highest BCUT2D eigenvalue weighted by Gasteiger charge is 2.22. The number of rotatable bonds is 8. The number of carbonyl (C=O) groups is 2. The minimum atomic E-state index is -0.637. The number of amides is 1. The number of methoxy groups -OCH3 is 3. The molecule has 1 fully saturated rings. The van der Waals surface area contributed by atoms with Crippen molar-refractivity contribution in [2.45, 2.75) is 0 Å². The zero-order valence-corrected chi connectivity index (χ0v) is 18.9. The third-order valence-corrected chi connectivity index (χ3v) is 5.26. The molecule has 2 aromatic carbocycles. The van der Waals surface area contributed by atoms with Crippen LogP contribution in [0.15, 0.2) is 42.5 Å². The van der Waals surface area contributed by atoms with E-state index in [1.54, 1.807) is 35.2 Å². The Labute approximate surface area is 192 Å². The van der Waals surface area contributed by atoms with Crippen molar-refractivity contribution in [3.63, 3.8) is 0 Å². The Morgan fingerprint density at radius 1 is 0.939 bits per heavy atom. The van der Waals surface area contributed by atoms with Crippen LogP contribution in [0.2, 0.25) is 0 Å². The summed E-state index contributed by atoms with van der Waals surface area (Å²) in [6.07, 6.45) is 2.78. The van der Waals surface area contributed by atoms with Gasteiger partial charge in [0.2, 0.25) is 5.75 Å². The van der Waals surface area contributed by atoms with Crippen LogP contribution in [-0.4, -0.2) is 70.9 Å². The molecule has 33 heavy (non-hydrogen) atoms. The summed E-state index contributed by atoms with van der Waals surface area (Å²) < 4.78 is 34.0. The van der Waals surface area contributed by atoms with Crippen LogP contribution in [0.1, 0.15) is 5.56 Å². The second-order valence-corrected chi connectivity index (χ2v) is 7.24. The standard InChI is InChI=1S/C24H27FN2O6/c1-30-20-14-17(15-21(31-2)24(20)32-3)4-9-23(29)33-16-22(28)27-12-10-26(11-13-27)19-7-5-18(25)6-8-19/h4-9,14-15H,10-13,16H2,1-3H3. The van der Waals surface area contributed by atoms with Crippen LogP contribution in [0.5, 0.6) is 17.2 Å². The molecule has 0 radical (unpaired) electrons. The van der Waals surface area contributed by atoms with E-state index in [4.69, 9.17) is 18.9 Å². The molecule has 0 N–H and O–H groups in total. The average molecular weight is 458 g/mol. The lowest BCUT2D eigenvalue weighted by Crippen LogP contribution is -2.49. The zero-order valence-electron chi connectivity index (χ0n) is 18.9. The minimum Gasteiger partial charge on any atom is -0.493 e. The summed E-state index contributed by atoms with van der Waals surface area (Å²) in [4.78, 5) is 28.2. The Kier molecular flexibility index (Phi) is 8.12. The average Bonchev–Trinajstić information content (AvgIpc) is 2.85. The molecule has 1 heterocycles. The predicted molar refractivity (Wildman–Crippen MR) is 121 cm³/mol. The molecule has 0 unspecified atom stereocenters. The third kappa shape index (κ3) is 6.15. The van der Waals surface area contributed by atoms with E-state index in [-0.39, 0.29) is 18.3 Å². The predicted octanol–water partition coefficient (Wildman–Crippen LogP) is 2.76. The molecule has 9 heteroatoms. The SMILES string of the molecule is COc1cc(C=CC(=O)OCC(=O)N2CCN(c3ccc(F)cc3)CC2)cc(OC)c1OC. The highest BCUT2D eigenvalue weighted by molar-refractivity contribution is 5.89. The van der Waals surface area contributed by atoms with Crippen LogP contribution in [0.3, 0.4) is 0 Å². The molecule has 3 rings (SSSR count). The largest absolute Gasteiger partial charge is 0.493 e. The molecule has 1 saturated heterocycles. The summed E-state index contributed by atoms with van der Waals surface area (Å²) in [6.45, 7) is 1.89. The first-order valence-corrected chi connectivity index (χ1v) is 10.4. The second kappa shape index (κ2) is 11.2. The lowest BCUT2D eigenvalue weighted by molar-refractivity contribution is -0.148. The molecule has 2 aromatic rings. The molecule has 0 bridgehead atoms. The van der Waals surface area contributed by atoms with Gasteiger partial charge in [-0.15, -0.1) is 0 Å². The van der Waals surface area contributed by atoms with Crippen LogP contribution in [0.25, 0.3) is 6.08 Å². The van der Waals surface area contributed by atoms with E-state index in [0.29, 0.717) is 49.0 Å². The number of benzene rings is 2. The first kappa shape index (κ1) is 23.9. The van der Waals surface area contributed by atoms with E-state index in [2.05, 4.69) is 4.90 Å². The van der Waals surface area contributed by atoms with Gasteiger partial charge in [-0.2, -0.15) is 0 Å². The van der Waals surface area contributed by atoms with E-state index in [9.17, 15) is 14.0 Å². The molecule has 1 amide bonds. The van der Waals surface area contributed by atoms with Gasteiger partial charge in [-0.05, 0) is 48.0 Å². The van der Waals surface area contributed by atoms with Crippen molar-refractivity contribution in [1.29, 1.82) is 0 Å². The number of esters is 1. The highest BCUT2D eigenvalue weighted by atomic mass is 19.1. The number of hydrogen-bond donors (Lipinski definition) is 0. The van der Waals surface area contributed by atoms with Gasteiger partial charge in [0.1, 0.15) is 5.82 Å². The lowest BCUT2D eigenvalue weighted by atomic mass is 10.1. The van der Waals surface area contributed by atoms with Gasteiger partial charge in [0.05, 0.1) is 21.3 Å². The number of ether oxygens (including phenoxy) is 4. The van der Waals surface area contributed by atoms with Crippen LogP contribution >= 0.6 is 0 Å². The Hall–Kier alpha value is -3.75. The van der Waals surface area contributed by atoms with Gasteiger partial charge >= 0.3 is 5.97 Å².